The first-order valence-electron chi connectivity index (χ1n) is 19.2. The number of aryl methyl sites for hydroxylation is 2. The number of carbonyl (C=O) groups excluding carboxylic acids is 2. The predicted octanol–water partition coefficient (Wildman–Crippen LogP) is 7.47. The van der Waals surface area contributed by atoms with Gasteiger partial charge in [0.1, 0.15) is 0 Å². The van der Waals surface area contributed by atoms with E-state index < -0.39 is 17.4 Å². The molecule has 1 aliphatic carbocycles. The molecular formula is C44H60N2O6. The predicted molar refractivity (Wildman–Crippen MR) is 205 cm³/mol. The third kappa shape index (κ3) is 9.14. The maximum absolute atomic E-state index is 14.8. The van der Waals surface area contributed by atoms with Gasteiger partial charge in [-0.2, -0.15) is 0 Å². The number of carbonyl (C=O) groups is 2. The molecule has 5 rings (SSSR count). The van der Waals surface area contributed by atoms with E-state index in [2.05, 4.69) is 32.9 Å². The lowest BCUT2D eigenvalue weighted by Gasteiger charge is -2.43. The Morgan fingerprint density at radius 3 is 2.21 bits per heavy atom. The van der Waals surface area contributed by atoms with Crippen molar-refractivity contribution in [2.75, 3.05) is 32.9 Å². The zero-order valence-corrected chi connectivity index (χ0v) is 32.2. The van der Waals surface area contributed by atoms with Gasteiger partial charge in [0.25, 0.3) is 11.8 Å². The second kappa shape index (κ2) is 17.1. The van der Waals surface area contributed by atoms with Gasteiger partial charge in [-0.05, 0) is 102 Å². The van der Waals surface area contributed by atoms with Gasteiger partial charge in [0, 0.05) is 35.7 Å². The minimum atomic E-state index is -0.735. The number of hydrogen-bond donors (Lipinski definition) is 2. The molecule has 0 spiro atoms. The van der Waals surface area contributed by atoms with E-state index in [0.717, 1.165) is 54.4 Å². The number of rotatable bonds is 15. The molecule has 1 atom stereocenters. The third-order valence-electron chi connectivity index (χ3n) is 11.5. The van der Waals surface area contributed by atoms with Crippen molar-refractivity contribution in [3.63, 3.8) is 0 Å². The number of β-amino-alcohol motifs (C(OH)–C–C–N with tert-alkyl or cyclic N) is 1. The van der Waals surface area contributed by atoms with E-state index in [1.165, 1.54) is 0 Å². The number of hydrogen-bond acceptors (Lipinski definition) is 6. The summed E-state index contributed by atoms with van der Waals surface area (Å²) in [6.45, 7) is 13.7. The Bertz CT molecular complexity index is 1640. The van der Waals surface area contributed by atoms with Gasteiger partial charge in [0.2, 0.25) is 0 Å². The highest BCUT2D eigenvalue weighted by Gasteiger charge is 2.41. The van der Waals surface area contributed by atoms with Crippen molar-refractivity contribution in [3.8, 4) is 0 Å². The second-order valence-electron chi connectivity index (χ2n) is 15.9. The molecule has 1 aliphatic heterocycles. The van der Waals surface area contributed by atoms with Crippen molar-refractivity contribution >= 4 is 11.8 Å². The first-order valence-corrected chi connectivity index (χ1v) is 19.2. The average Bonchev–Trinajstić information content (AvgIpc) is 3.63. The van der Waals surface area contributed by atoms with Crippen LogP contribution in [0.1, 0.15) is 116 Å². The van der Waals surface area contributed by atoms with Gasteiger partial charge in [-0.25, -0.2) is 0 Å². The molecule has 1 saturated heterocycles. The highest BCUT2D eigenvalue weighted by molar-refractivity contribution is 5.97. The summed E-state index contributed by atoms with van der Waals surface area (Å²) in [5.41, 5.74) is 4.02. The van der Waals surface area contributed by atoms with E-state index in [0.29, 0.717) is 56.7 Å². The summed E-state index contributed by atoms with van der Waals surface area (Å²) in [6.07, 6.45) is 5.44. The molecule has 1 saturated carbocycles. The molecule has 2 aliphatic rings. The van der Waals surface area contributed by atoms with Crippen LogP contribution >= 0.6 is 0 Å². The van der Waals surface area contributed by atoms with E-state index in [1.54, 1.807) is 0 Å². The summed E-state index contributed by atoms with van der Waals surface area (Å²) in [4.78, 5) is 32.8. The average molecular weight is 713 g/mol. The highest BCUT2D eigenvalue weighted by Crippen LogP contribution is 2.39. The summed E-state index contributed by atoms with van der Waals surface area (Å²) < 4.78 is 12.0. The van der Waals surface area contributed by atoms with E-state index >= 15 is 0 Å². The first-order chi connectivity index (χ1) is 24.8. The number of nitrogens with zero attached hydrogens (tertiary/aromatic N) is 2. The standard InChI is InChI=1S/C44H60N2O6/c1-7-44(23-13-14-24-44)45(25-26-47)40(49)38-18-12-11-15-34(38)21-22-37(48)28-35-20-19-32(2)27-39(35)41(50)46(29-33-30-51-43(5,6)52-31-33)42(3,4)36-16-9-8-10-17-36/h8-12,15-20,27,33,37,47-48H,7,13-14,21-26,28-31H2,1-6H3. The van der Waals surface area contributed by atoms with Crippen LogP contribution in [-0.2, 0) is 27.9 Å². The van der Waals surface area contributed by atoms with E-state index in [4.69, 9.17) is 9.47 Å². The topological polar surface area (TPSA) is 99.5 Å². The number of benzene rings is 3. The number of aliphatic hydroxyl groups is 2. The third-order valence-corrected chi connectivity index (χ3v) is 11.5. The largest absolute Gasteiger partial charge is 0.395 e. The molecule has 1 unspecified atom stereocenters. The van der Waals surface area contributed by atoms with Crippen LogP contribution in [0.2, 0.25) is 0 Å². The fraction of sp³-hybridized carbons (Fsp3) is 0.545. The Morgan fingerprint density at radius 2 is 1.56 bits per heavy atom. The minimum absolute atomic E-state index is 0.00392. The molecule has 2 fully saturated rings. The van der Waals surface area contributed by atoms with Gasteiger partial charge < -0.3 is 29.5 Å². The van der Waals surface area contributed by atoms with Crippen molar-refractivity contribution in [1.82, 2.24) is 9.80 Å². The highest BCUT2D eigenvalue weighted by atomic mass is 16.7. The zero-order valence-electron chi connectivity index (χ0n) is 32.2. The molecule has 0 bridgehead atoms. The van der Waals surface area contributed by atoms with Crippen molar-refractivity contribution in [1.29, 1.82) is 0 Å². The van der Waals surface area contributed by atoms with Crippen molar-refractivity contribution < 1.29 is 29.3 Å². The Balaban J connectivity index is 1.36. The molecule has 1 heterocycles. The van der Waals surface area contributed by atoms with Gasteiger partial charge in [-0.15, -0.1) is 0 Å². The van der Waals surface area contributed by atoms with Crippen LogP contribution < -0.4 is 0 Å². The number of aliphatic hydroxyl groups excluding tert-OH is 2. The Hall–Kier alpha value is -3.56. The smallest absolute Gasteiger partial charge is 0.254 e. The molecule has 52 heavy (non-hydrogen) atoms. The SMILES string of the molecule is CCC1(N(CCO)C(=O)c2ccccc2CCC(O)Cc2ccc(C)cc2C(=O)N(CC2COC(C)(C)OC2)C(C)(C)c2ccccc2)CCCC1. The molecule has 8 heteroatoms. The van der Waals surface area contributed by atoms with E-state index in [1.807, 2.05) is 91.2 Å². The lowest BCUT2D eigenvalue weighted by atomic mass is 9.88. The van der Waals surface area contributed by atoms with Gasteiger partial charge >= 0.3 is 0 Å². The fourth-order valence-corrected chi connectivity index (χ4v) is 8.14. The van der Waals surface area contributed by atoms with Crippen LogP contribution in [-0.4, -0.2) is 82.2 Å². The summed E-state index contributed by atoms with van der Waals surface area (Å²) >= 11 is 0. The molecule has 8 nitrogen and oxygen atoms in total. The lowest BCUT2D eigenvalue weighted by molar-refractivity contribution is -0.263. The summed E-state index contributed by atoms with van der Waals surface area (Å²) in [6, 6.07) is 23.6. The maximum Gasteiger partial charge on any atom is 0.254 e. The van der Waals surface area contributed by atoms with E-state index in [9.17, 15) is 19.8 Å². The molecule has 0 radical (unpaired) electrons. The zero-order chi connectivity index (χ0) is 37.5. The monoisotopic (exact) mass is 712 g/mol. The molecule has 3 aromatic carbocycles. The van der Waals surface area contributed by atoms with Crippen LogP contribution in [0.5, 0.6) is 0 Å². The molecule has 2 N–H and O–H groups in total. The summed E-state index contributed by atoms with van der Waals surface area (Å²) in [5, 5.41) is 21.5. The van der Waals surface area contributed by atoms with Crippen molar-refractivity contribution in [3.05, 3.63) is 106 Å². The number of ether oxygens (including phenoxy) is 2. The second-order valence-corrected chi connectivity index (χ2v) is 15.9. The van der Waals surface area contributed by atoms with Crippen LogP contribution in [0.15, 0.2) is 72.8 Å². The normalized spacial score (nSPS) is 17.8. The summed E-state index contributed by atoms with van der Waals surface area (Å²) in [7, 11) is 0. The molecule has 282 valence electrons. The van der Waals surface area contributed by atoms with Crippen molar-refractivity contribution in [2.24, 2.45) is 5.92 Å². The van der Waals surface area contributed by atoms with Crippen molar-refractivity contribution in [2.45, 2.75) is 116 Å². The van der Waals surface area contributed by atoms with Crippen LogP contribution in [0.3, 0.4) is 0 Å². The number of amides is 2. The van der Waals surface area contributed by atoms with Crippen LogP contribution in [0.25, 0.3) is 0 Å². The lowest BCUT2D eigenvalue weighted by Crippen LogP contribution is -2.51. The van der Waals surface area contributed by atoms with Crippen LogP contribution in [0.4, 0.5) is 0 Å². The van der Waals surface area contributed by atoms with Gasteiger partial charge in [0.05, 0.1) is 31.5 Å². The van der Waals surface area contributed by atoms with Gasteiger partial charge in [-0.1, -0.05) is 86.0 Å². The fourth-order valence-electron chi connectivity index (χ4n) is 8.14. The minimum Gasteiger partial charge on any atom is -0.395 e. The van der Waals surface area contributed by atoms with Gasteiger partial charge in [0.15, 0.2) is 5.79 Å². The van der Waals surface area contributed by atoms with Crippen LogP contribution in [0, 0.1) is 12.8 Å². The molecule has 0 aromatic heterocycles. The first kappa shape index (κ1) is 39.6. The Morgan fingerprint density at radius 1 is 0.904 bits per heavy atom. The van der Waals surface area contributed by atoms with Gasteiger partial charge in [-0.3, -0.25) is 9.59 Å². The van der Waals surface area contributed by atoms with E-state index in [-0.39, 0.29) is 29.9 Å². The Labute approximate surface area is 311 Å². The maximum atomic E-state index is 14.8. The molecule has 2 amide bonds. The molecular weight excluding hydrogens is 652 g/mol. The molecule has 3 aromatic rings. The quantitative estimate of drug-likeness (QED) is 0.170. The summed E-state index contributed by atoms with van der Waals surface area (Å²) in [5.74, 6) is -0.801. The Kier molecular flexibility index (Phi) is 13.0.